The molecule has 0 unspecified atom stereocenters. The average molecular weight is 535 g/mol. The molecule has 0 radical (unpaired) electrons. The Bertz CT molecular complexity index is 1320. The predicted octanol–water partition coefficient (Wildman–Crippen LogP) is 4.34. The van der Waals surface area contributed by atoms with Crippen molar-refractivity contribution in [3.63, 3.8) is 0 Å². The summed E-state index contributed by atoms with van der Waals surface area (Å²) in [6, 6.07) is 18.6. The summed E-state index contributed by atoms with van der Waals surface area (Å²) in [4.78, 5) is 0.0689. The predicted molar refractivity (Wildman–Crippen MR) is 138 cm³/mol. The van der Waals surface area contributed by atoms with Crippen molar-refractivity contribution in [3.8, 4) is 0 Å². The van der Waals surface area contributed by atoms with Crippen molar-refractivity contribution >= 4 is 29.5 Å². The first-order chi connectivity index (χ1) is 16.1. The van der Waals surface area contributed by atoms with E-state index in [0.717, 1.165) is 16.7 Å². The summed E-state index contributed by atoms with van der Waals surface area (Å²) in [5.41, 5.74) is 0.999. The Hall–Kier alpha value is -2.49. The second kappa shape index (κ2) is 9.87. The molecule has 0 saturated carbocycles. The van der Waals surface area contributed by atoms with E-state index >= 15 is 0 Å². The largest absolute Gasteiger partial charge is 0.224 e. The van der Waals surface area contributed by atoms with Gasteiger partial charge in [0.1, 0.15) is 0 Å². The van der Waals surface area contributed by atoms with Gasteiger partial charge in [-0.1, -0.05) is 60.0 Å². The highest BCUT2D eigenvalue weighted by molar-refractivity contribution is 7.93. The van der Waals surface area contributed by atoms with Crippen LogP contribution in [0.25, 0.3) is 0 Å². The molecule has 6 nitrogen and oxygen atoms in total. The Morgan fingerprint density at radius 2 is 0.657 bits per heavy atom. The van der Waals surface area contributed by atoms with Crippen LogP contribution in [-0.4, -0.2) is 42.5 Å². The average Bonchev–Trinajstić information content (AvgIpc) is 2.73. The Labute approximate surface area is 208 Å². The summed E-state index contributed by atoms with van der Waals surface area (Å²) in [5, 5.41) is 0. The van der Waals surface area contributed by atoms with Crippen LogP contribution in [0.2, 0.25) is 0 Å². The number of sulfone groups is 3. The van der Waals surface area contributed by atoms with E-state index < -0.39 is 52.2 Å². The van der Waals surface area contributed by atoms with Crippen molar-refractivity contribution in [2.45, 2.75) is 42.4 Å². The van der Waals surface area contributed by atoms with Crippen LogP contribution >= 0.6 is 0 Å². The summed E-state index contributed by atoms with van der Waals surface area (Å²) in [6.07, 6.45) is 0. The van der Waals surface area contributed by atoms with Gasteiger partial charge in [-0.05, 0) is 57.2 Å². The van der Waals surface area contributed by atoms with Crippen LogP contribution < -0.4 is 0 Å². The quantitative estimate of drug-likeness (QED) is 0.405. The van der Waals surface area contributed by atoms with Crippen LogP contribution in [0, 0.1) is 26.2 Å². The molecular formula is C26H30O6S3. The third-order valence-corrected chi connectivity index (χ3v) is 12.0. The van der Waals surface area contributed by atoms with Gasteiger partial charge in [0.2, 0.25) is 0 Å². The van der Waals surface area contributed by atoms with Gasteiger partial charge < -0.3 is 0 Å². The summed E-state index contributed by atoms with van der Waals surface area (Å²) in [7, 11) is -12.0. The standard InChI is InChI=1S/C26H30O6S3/c1-20-5-11-23(12-6-20)33(27,28)17-26(4,18-34(29,30)24-13-7-21(2)8-14-24)19-35(31,32)25-15-9-22(3)10-16-25/h5-16H,17-19H2,1-4H3. The molecule has 0 saturated heterocycles. The van der Waals surface area contributed by atoms with Crippen molar-refractivity contribution in [2.75, 3.05) is 17.3 Å². The number of hydrogen-bond donors (Lipinski definition) is 0. The van der Waals surface area contributed by atoms with Crippen molar-refractivity contribution in [3.05, 3.63) is 89.5 Å². The molecule has 0 bridgehead atoms. The van der Waals surface area contributed by atoms with Gasteiger partial charge in [0.05, 0.1) is 31.9 Å². The highest BCUT2D eigenvalue weighted by atomic mass is 32.2. The van der Waals surface area contributed by atoms with Crippen LogP contribution in [0.4, 0.5) is 0 Å². The number of benzene rings is 3. The molecule has 0 atom stereocenters. The second-order valence-corrected chi connectivity index (χ2v) is 15.5. The van der Waals surface area contributed by atoms with Crippen molar-refractivity contribution in [1.29, 1.82) is 0 Å². The van der Waals surface area contributed by atoms with Crippen molar-refractivity contribution < 1.29 is 25.3 Å². The highest BCUT2D eigenvalue weighted by Gasteiger charge is 2.41. The normalized spacial score (nSPS) is 13.0. The third-order valence-electron chi connectivity index (χ3n) is 5.76. The molecule has 3 rings (SSSR count). The van der Waals surface area contributed by atoms with Gasteiger partial charge in [0.25, 0.3) is 0 Å². The lowest BCUT2D eigenvalue weighted by Crippen LogP contribution is -2.40. The number of rotatable bonds is 9. The number of aryl methyl sites for hydroxylation is 3. The molecule has 0 aliphatic heterocycles. The zero-order valence-electron chi connectivity index (χ0n) is 20.2. The first kappa shape index (κ1) is 27.1. The maximum atomic E-state index is 13.3. The molecule has 35 heavy (non-hydrogen) atoms. The first-order valence-electron chi connectivity index (χ1n) is 11.0. The van der Waals surface area contributed by atoms with E-state index in [1.165, 1.54) is 43.3 Å². The minimum Gasteiger partial charge on any atom is -0.224 e. The summed E-state index contributed by atoms with van der Waals surface area (Å²) in [6.45, 7) is 6.88. The smallest absolute Gasteiger partial charge is 0.178 e. The van der Waals surface area contributed by atoms with Gasteiger partial charge in [-0.15, -0.1) is 0 Å². The van der Waals surface area contributed by atoms with E-state index in [1.807, 2.05) is 20.8 Å². The topological polar surface area (TPSA) is 102 Å². The van der Waals surface area contributed by atoms with Gasteiger partial charge in [0.15, 0.2) is 29.5 Å². The summed E-state index contributed by atoms with van der Waals surface area (Å²) < 4.78 is 79.8. The van der Waals surface area contributed by atoms with E-state index in [2.05, 4.69) is 0 Å². The Kier molecular flexibility index (Phi) is 7.64. The third kappa shape index (κ3) is 6.80. The van der Waals surface area contributed by atoms with Crippen molar-refractivity contribution in [1.82, 2.24) is 0 Å². The van der Waals surface area contributed by atoms with Crippen LogP contribution in [0.5, 0.6) is 0 Å². The highest BCUT2D eigenvalue weighted by Crippen LogP contribution is 2.32. The lowest BCUT2D eigenvalue weighted by atomic mass is 9.99. The molecule has 0 aliphatic carbocycles. The van der Waals surface area contributed by atoms with E-state index in [1.54, 1.807) is 36.4 Å². The minimum atomic E-state index is -3.99. The minimum absolute atomic E-state index is 0.0230. The molecule has 9 heteroatoms. The Morgan fingerprint density at radius 1 is 0.457 bits per heavy atom. The molecular weight excluding hydrogens is 504 g/mol. The van der Waals surface area contributed by atoms with E-state index in [4.69, 9.17) is 0 Å². The maximum Gasteiger partial charge on any atom is 0.178 e. The summed E-state index contributed by atoms with van der Waals surface area (Å²) >= 11 is 0. The molecule has 0 spiro atoms. The van der Waals surface area contributed by atoms with E-state index in [9.17, 15) is 25.3 Å². The molecule has 3 aromatic rings. The van der Waals surface area contributed by atoms with Gasteiger partial charge >= 0.3 is 0 Å². The van der Waals surface area contributed by atoms with Crippen LogP contribution in [-0.2, 0) is 29.5 Å². The molecule has 188 valence electrons. The van der Waals surface area contributed by atoms with Gasteiger partial charge in [0, 0.05) is 5.41 Å². The maximum absolute atomic E-state index is 13.3. The Balaban J connectivity index is 2.05. The van der Waals surface area contributed by atoms with Gasteiger partial charge in [-0.3, -0.25) is 0 Å². The molecule has 3 aromatic carbocycles. The molecule has 0 heterocycles. The van der Waals surface area contributed by atoms with Crippen LogP contribution in [0.3, 0.4) is 0 Å². The summed E-state index contributed by atoms with van der Waals surface area (Å²) in [5.74, 6) is -1.92. The second-order valence-electron chi connectivity index (χ2n) is 9.53. The van der Waals surface area contributed by atoms with Crippen LogP contribution in [0.15, 0.2) is 87.5 Å². The molecule has 0 aliphatic rings. The fourth-order valence-corrected chi connectivity index (χ4v) is 9.89. The van der Waals surface area contributed by atoms with Crippen LogP contribution in [0.1, 0.15) is 23.6 Å². The fraction of sp³-hybridized carbons (Fsp3) is 0.308. The molecule has 0 aromatic heterocycles. The lowest BCUT2D eigenvalue weighted by molar-refractivity contribution is 0.451. The first-order valence-corrected chi connectivity index (χ1v) is 16.0. The molecule has 0 amide bonds. The fourth-order valence-electron chi connectivity index (χ4n) is 3.99. The van der Waals surface area contributed by atoms with E-state index in [0.29, 0.717) is 0 Å². The SMILES string of the molecule is Cc1ccc(S(=O)(=O)CC(C)(CS(=O)(=O)c2ccc(C)cc2)CS(=O)(=O)c2ccc(C)cc2)cc1. The molecule has 0 fully saturated rings. The Morgan fingerprint density at radius 3 is 0.857 bits per heavy atom. The van der Waals surface area contributed by atoms with Gasteiger partial charge in [-0.25, -0.2) is 25.3 Å². The zero-order chi connectivity index (χ0) is 26.1. The number of hydrogen-bond acceptors (Lipinski definition) is 6. The van der Waals surface area contributed by atoms with E-state index in [-0.39, 0.29) is 14.7 Å². The zero-order valence-corrected chi connectivity index (χ0v) is 22.7. The lowest BCUT2D eigenvalue weighted by Gasteiger charge is -2.29. The van der Waals surface area contributed by atoms with Gasteiger partial charge in [-0.2, -0.15) is 0 Å². The monoisotopic (exact) mass is 534 g/mol. The molecule has 0 N–H and O–H groups in total. The van der Waals surface area contributed by atoms with Crippen molar-refractivity contribution in [2.24, 2.45) is 5.41 Å².